The van der Waals surface area contributed by atoms with E-state index in [1.807, 2.05) is 18.2 Å². The maximum absolute atomic E-state index is 5.64. The van der Waals surface area contributed by atoms with Gasteiger partial charge in [0.1, 0.15) is 0 Å². The molecule has 0 radical (unpaired) electrons. The van der Waals surface area contributed by atoms with Gasteiger partial charge in [0.25, 0.3) is 0 Å². The quantitative estimate of drug-likeness (QED) is 0.939. The molecule has 4 heteroatoms. The molecule has 16 heavy (non-hydrogen) atoms. The highest BCUT2D eigenvalue weighted by Crippen LogP contribution is 2.30. The minimum Gasteiger partial charge on any atom is -0.330 e. The predicted molar refractivity (Wildman–Crippen MR) is 72.7 cm³/mol. The summed E-state index contributed by atoms with van der Waals surface area (Å²) in [4.78, 5) is 4.62. The molecule has 0 saturated heterocycles. The molecule has 0 aliphatic rings. The zero-order valence-corrected chi connectivity index (χ0v) is 11.4. The number of aromatic nitrogens is 1. The first-order chi connectivity index (χ1) is 7.72. The van der Waals surface area contributed by atoms with Crippen molar-refractivity contribution in [1.82, 2.24) is 4.98 Å². The molecule has 0 bridgehead atoms. The molecule has 1 aromatic carbocycles. The van der Waals surface area contributed by atoms with Crippen LogP contribution in [0.5, 0.6) is 0 Å². The van der Waals surface area contributed by atoms with Crippen LogP contribution < -0.4 is 5.73 Å². The minimum atomic E-state index is 0.334. The van der Waals surface area contributed by atoms with Crippen molar-refractivity contribution in [2.75, 3.05) is 6.54 Å². The molecular weight excluding hydrogens is 284 g/mol. The smallest absolute Gasteiger partial charge is 0.0973 e. The van der Waals surface area contributed by atoms with Crippen molar-refractivity contribution in [3.63, 3.8) is 0 Å². The van der Waals surface area contributed by atoms with Gasteiger partial charge < -0.3 is 5.73 Å². The molecule has 0 amide bonds. The fourth-order valence-corrected chi connectivity index (χ4v) is 2.79. The van der Waals surface area contributed by atoms with E-state index in [2.05, 4.69) is 39.3 Å². The van der Waals surface area contributed by atoms with Crippen LogP contribution in [0.25, 0.3) is 11.3 Å². The summed E-state index contributed by atoms with van der Waals surface area (Å²) in [6.45, 7) is 2.74. The number of rotatable bonds is 3. The first-order valence-corrected chi connectivity index (χ1v) is 6.80. The Hall–Kier alpha value is -0.710. The topological polar surface area (TPSA) is 38.9 Å². The standard InChI is InChI=1S/C12H13BrN2S/c1-8(6-14)12-15-11(7-16-12)9-4-2-3-5-10(9)13/h2-5,7-8H,6,14H2,1H3. The molecule has 0 spiro atoms. The molecule has 84 valence electrons. The van der Waals surface area contributed by atoms with Crippen molar-refractivity contribution in [2.45, 2.75) is 12.8 Å². The largest absolute Gasteiger partial charge is 0.330 e. The van der Waals surface area contributed by atoms with Crippen molar-refractivity contribution >= 4 is 27.3 Å². The van der Waals surface area contributed by atoms with Gasteiger partial charge in [-0.2, -0.15) is 0 Å². The van der Waals surface area contributed by atoms with Gasteiger partial charge in [-0.25, -0.2) is 4.98 Å². The normalized spacial score (nSPS) is 12.7. The van der Waals surface area contributed by atoms with Crippen molar-refractivity contribution in [1.29, 1.82) is 0 Å². The van der Waals surface area contributed by atoms with Crippen LogP contribution in [0.1, 0.15) is 17.8 Å². The van der Waals surface area contributed by atoms with Gasteiger partial charge in [-0.3, -0.25) is 0 Å². The van der Waals surface area contributed by atoms with E-state index >= 15 is 0 Å². The average Bonchev–Trinajstić information content (AvgIpc) is 2.78. The summed E-state index contributed by atoms with van der Waals surface area (Å²) < 4.78 is 1.08. The van der Waals surface area contributed by atoms with E-state index in [4.69, 9.17) is 5.73 Å². The van der Waals surface area contributed by atoms with Crippen LogP contribution in [0.2, 0.25) is 0 Å². The van der Waals surface area contributed by atoms with Crippen LogP contribution in [-0.2, 0) is 0 Å². The van der Waals surface area contributed by atoms with Gasteiger partial charge in [-0.1, -0.05) is 41.1 Å². The SMILES string of the molecule is CC(CN)c1nc(-c2ccccc2Br)cs1. The summed E-state index contributed by atoms with van der Waals surface area (Å²) in [5.41, 5.74) is 7.79. The van der Waals surface area contributed by atoms with E-state index in [9.17, 15) is 0 Å². The maximum Gasteiger partial charge on any atom is 0.0973 e. The highest BCUT2D eigenvalue weighted by molar-refractivity contribution is 9.10. The Labute approximate surface area is 108 Å². The summed E-state index contributed by atoms with van der Waals surface area (Å²) in [5.74, 6) is 0.334. The van der Waals surface area contributed by atoms with Gasteiger partial charge in [0.2, 0.25) is 0 Å². The third-order valence-electron chi connectivity index (χ3n) is 2.45. The van der Waals surface area contributed by atoms with Crippen LogP contribution in [-0.4, -0.2) is 11.5 Å². The molecule has 2 N–H and O–H groups in total. The Kier molecular flexibility index (Phi) is 3.74. The molecule has 1 heterocycles. The monoisotopic (exact) mass is 296 g/mol. The Balaban J connectivity index is 2.35. The highest BCUT2D eigenvalue weighted by atomic mass is 79.9. The zero-order valence-electron chi connectivity index (χ0n) is 8.98. The van der Waals surface area contributed by atoms with E-state index in [1.165, 1.54) is 0 Å². The first-order valence-electron chi connectivity index (χ1n) is 5.12. The molecule has 1 atom stereocenters. The third-order valence-corrected chi connectivity index (χ3v) is 4.21. The van der Waals surface area contributed by atoms with Gasteiger partial charge in [-0.05, 0) is 6.07 Å². The molecule has 2 aromatic rings. The van der Waals surface area contributed by atoms with E-state index < -0.39 is 0 Å². The summed E-state index contributed by atoms with van der Waals surface area (Å²) in [7, 11) is 0. The van der Waals surface area contributed by atoms with Gasteiger partial charge in [0, 0.05) is 27.9 Å². The maximum atomic E-state index is 5.64. The van der Waals surface area contributed by atoms with E-state index in [0.29, 0.717) is 12.5 Å². The Morgan fingerprint density at radius 2 is 2.19 bits per heavy atom. The van der Waals surface area contributed by atoms with Crippen LogP contribution in [0.15, 0.2) is 34.1 Å². The van der Waals surface area contributed by atoms with Crippen molar-refractivity contribution < 1.29 is 0 Å². The lowest BCUT2D eigenvalue weighted by atomic mass is 10.1. The molecule has 1 aromatic heterocycles. The van der Waals surface area contributed by atoms with Gasteiger partial charge in [0.15, 0.2) is 0 Å². The second-order valence-electron chi connectivity index (χ2n) is 3.69. The van der Waals surface area contributed by atoms with Crippen molar-refractivity contribution in [2.24, 2.45) is 5.73 Å². The zero-order chi connectivity index (χ0) is 11.5. The van der Waals surface area contributed by atoms with E-state index in [-0.39, 0.29) is 0 Å². The molecule has 0 aliphatic heterocycles. The Morgan fingerprint density at radius 1 is 1.44 bits per heavy atom. The lowest BCUT2D eigenvalue weighted by Gasteiger charge is -2.03. The van der Waals surface area contributed by atoms with Gasteiger partial charge in [0.05, 0.1) is 10.7 Å². The average molecular weight is 297 g/mol. The first kappa shape index (κ1) is 11.8. The lowest BCUT2D eigenvalue weighted by molar-refractivity contribution is 0.766. The number of thiazole rings is 1. The summed E-state index contributed by atoms with van der Waals surface area (Å²) in [6, 6.07) is 8.12. The fourth-order valence-electron chi connectivity index (χ4n) is 1.41. The second kappa shape index (κ2) is 5.08. The highest BCUT2D eigenvalue weighted by Gasteiger charge is 2.11. The molecule has 2 rings (SSSR count). The van der Waals surface area contributed by atoms with Crippen LogP contribution in [0, 0.1) is 0 Å². The van der Waals surface area contributed by atoms with E-state index in [1.54, 1.807) is 11.3 Å². The number of hydrogen-bond acceptors (Lipinski definition) is 3. The molecule has 0 aliphatic carbocycles. The van der Waals surface area contributed by atoms with Crippen molar-refractivity contribution in [3.8, 4) is 11.3 Å². The number of nitrogens with two attached hydrogens (primary N) is 1. The van der Waals surface area contributed by atoms with Gasteiger partial charge >= 0.3 is 0 Å². The predicted octanol–water partition coefficient (Wildman–Crippen LogP) is 3.63. The molecular formula is C12H13BrN2S. The second-order valence-corrected chi connectivity index (χ2v) is 5.43. The van der Waals surface area contributed by atoms with Gasteiger partial charge in [-0.15, -0.1) is 11.3 Å². The molecule has 2 nitrogen and oxygen atoms in total. The van der Waals surface area contributed by atoms with Crippen molar-refractivity contribution in [3.05, 3.63) is 39.1 Å². The molecule has 0 fully saturated rings. The summed E-state index contributed by atoms with van der Waals surface area (Å²) >= 11 is 5.21. The van der Waals surface area contributed by atoms with Crippen LogP contribution >= 0.6 is 27.3 Å². The lowest BCUT2D eigenvalue weighted by Crippen LogP contribution is -2.08. The number of benzene rings is 1. The number of halogens is 1. The number of nitrogens with zero attached hydrogens (tertiary/aromatic N) is 1. The van der Waals surface area contributed by atoms with Crippen LogP contribution in [0.4, 0.5) is 0 Å². The molecule has 0 saturated carbocycles. The summed E-state index contributed by atoms with van der Waals surface area (Å²) in [6.07, 6.45) is 0. The Bertz CT molecular complexity index is 481. The molecule has 1 unspecified atom stereocenters. The third kappa shape index (κ3) is 2.34. The minimum absolute atomic E-state index is 0.334. The Morgan fingerprint density at radius 3 is 2.88 bits per heavy atom. The fraction of sp³-hybridized carbons (Fsp3) is 0.250. The van der Waals surface area contributed by atoms with E-state index in [0.717, 1.165) is 20.7 Å². The van der Waals surface area contributed by atoms with Crippen LogP contribution in [0.3, 0.4) is 0 Å². The number of hydrogen-bond donors (Lipinski definition) is 1. The summed E-state index contributed by atoms with van der Waals surface area (Å²) in [5, 5.41) is 3.19.